The molecule has 1 aromatic rings. The van der Waals surface area contributed by atoms with Crippen LogP contribution in [0.2, 0.25) is 0 Å². The molecule has 0 fully saturated rings. The van der Waals surface area contributed by atoms with Gasteiger partial charge >= 0.3 is 0 Å². The van der Waals surface area contributed by atoms with Crippen molar-refractivity contribution in [1.82, 2.24) is 4.90 Å². The number of carbonyl (C=O) groups excluding carboxylic acids is 1. The van der Waals surface area contributed by atoms with Crippen molar-refractivity contribution in [3.63, 3.8) is 0 Å². The molecule has 0 unspecified atom stereocenters. The average Bonchev–Trinajstić information content (AvgIpc) is 2.23. The van der Waals surface area contributed by atoms with E-state index in [1.807, 2.05) is 25.9 Å². The third-order valence-corrected chi connectivity index (χ3v) is 2.47. The second kappa shape index (κ2) is 5.45. The number of isocyanates is 1. The van der Waals surface area contributed by atoms with E-state index in [2.05, 4.69) is 4.99 Å². The Hall–Kier alpha value is -1.64. The Morgan fingerprint density at radius 2 is 2.12 bits per heavy atom. The van der Waals surface area contributed by atoms with E-state index in [0.717, 1.165) is 16.7 Å². The minimum Gasteiger partial charge on any atom is -0.508 e. The van der Waals surface area contributed by atoms with Gasteiger partial charge in [0.1, 0.15) is 5.75 Å². The molecule has 4 heteroatoms. The molecule has 0 saturated carbocycles. The Bertz CT molecular complexity index is 421. The highest BCUT2D eigenvalue weighted by Crippen LogP contribution is 2.25. The number of nitrogens with zero attached hydrogens (tertiary/aromatic N) is 2. The molecule has 4 nitrogen and oxygen atoms in total. The molecule has 0 aromatic heterocycles. The van der Waals surface area contributed by atoms with E-state index in [4.69, 9.17) is 0 Å². The highest BCUT2D eigenvalue weighted by molar-refractivity contribution is 5.44. The van der Waals surface area contributed by atoms with Crippen LogP contribution in [0.25, 0.3) is 0 Å². The third-order valence-electron chi connectivity index (χ3n) is 2.47. The van der Waals surface area contributed by atoms with Crippen molar-refractivity contribution in [2.24, 2.45) is 4.99 Å². The maximum Gasteiger partial charge on any atom is 0.235 e. The molecule has 0 aliphatic rings. The molecule has 0 radical (unpaired) electrons. The minimum absolute atomic E-state index is 0.282. The largest absolute Gasteiger partial charge is 0.508 e. The first-order chi connectivity index (χ1) is 7.56. The SMILES string of the molecule is Cc1c(CN=C=O)ccc(O)c1CN(C)C. The number of aromatic hydroxyl groups is 1. The van der Waals surface area contributed by atoms with E-state index in [1.165, 1.54) is 6.08 Å². The fraction of sp³-hybridized carbons (Fsp3) is 0.417. The molecule has 0 amide bonds. The monoisotopic (exact) mass is 220 g/mol. The summed E-state index contributed by atoms with van der Waals surface area (Å²) in [4.78, 5) is 15.6. The van der Waals surface area contributed by atoms with Gasteiger partial charge in [-0.25, -0.2) is 9.79 Å². The van der Waals surface area contributed by atoms with Gasteiger partial charge < -0.3 is 10.0 Å². The fourth-order valence-electron chi connectivity index (χ4n) is 1.60. The number of hydrogen-bond acceptors (Lipinski definition) is 4. The summed E-state index contributed by atoms with van der Waals surface area (Å²) in [6, 6.07) is 3.42. The molecule has 1 aromatic carbocycles. The predicted octanol–water partition coefficient (Wildman–Crippen LogP) is 1.60. The molecular formula is C12H16N2O2. The zero-order valence-corrected chi connectivity index (χ0v) is 9.82. The van der Waals surface area contributed by atoms with E-state index in [-0.39, 0.29) is 5.75 Å². The number of benzene rings is 1. The van der Waals surface area contributed by atoms with Gasteiger partial charge in [0.05, 0.1) is 6.54 Å². The summed E-state index contributed by atoms with van der Waals surface area (Å²) in [6.07, 6.45) is 1.52. The van der Waals surface area contributed by atoms with Crippen LogP contribution in [0.15, 0.2) is 17.1 Å². The molecular weight excluding hydrogens is 204 g/mol. The van der Waals surface area contributed by atoms with Crippen LogP contribution in [0.5, 0.6) is 5.75 Å². The van der Waals surface area contributed by atoms with E-state index in [9.17, 15) is 9.90 Å². The standard InChI is InChI=1S/C12H16N2O2/c1-9-10(6-13-8-15)4-5-12(16)11(9)7-14(2)3/h4-5,16H,6-7H2,1-3H3. The molecule has 1 N–H and O–H groups in total. The van der Waals surface area contributed by atoms with Crippen LogP contribution in [0.4, 0.5) is 0 Å². The first-order valence-corrected chi connectivity index (χ1v) is 5.05. The summed E-state index contributed by atoms with van der Waals surface area (Å²) in [6.45, 7) is 2.90. The van der Waals surface area contributed by atoms with Gasteiger partial charge in [0.15, 0.2) is 0 Å². The van der Waals surface area contributed by atoms with Crippen LogP contribution < -0.4 is 0 Å². The Labute approximate surface area is 95.2 Å². The van der Waals surface area contributed by atoms with Gasteiger partial charge in [-0.3, -0.25) is 0 Å². The summed E-state index contributed by atoms with van der Waals surface area (Å²) in [5, 5.41) is 9.76. The maximum atomic E-state index is 10.1. The topological polar surface area (TPSA) is 52.9 Å². The molecule has 0 aliphatic carbocycles. The molecule has 0 heterocycles. The number of hydrogen-bond donors (Lipinski definition) is 1. The van der Waals surface area contributed by atoms with E-state index < -0.39 is 0 Å². The Morgan fingerprint density at radius 3 is 2.69 bits per heavy atom. The molecule has 0 saturated heterocycles. The van der Waals surface area contributed by atoms with Gasteiger partial charge in [-0.15, -0.1) is 0 Å². The lowest BCUT2D eigenvalue weighted by atomic mass is 10.0. The van der Waals surface area contributed by atoms with Gasteiger partial charge in [-0.1, -0.05) is 6.07 Å². The number of phenols is 1. The second-order valence-corrected chi connectivity index (χ2v) is 3.99. The lowest BCUT2D eigenvalue weighted by Crippen LogP contribution is -2.12. The zero-order valence-electron chi connectivity index (χ0n) is 9.82. The summed E-state index contributed by atoms with van der Waals surface area (Å²) >= 11 is 0. The van der Waals surface area contributed by atoms with Gasteiger partial charge in [0.25, 0.3) is 0 Å². The Balaban J connectivity index is 3.10. The molecule has 0 bridgehead atoms. The van der Waals surface area contributed by atoms with Crippen molar-refractivity contribution in [3.8, 4) is 5.75 Å². The first kappa shape index (κ1) is 12.4. The van der Waals surface area contributed by atoms with Crippen LogP contribution in [-0.4, -0.2) is 30.2 Å². The van der Waals surface area contributed by atoms with Crippen LogP contribution in [0, 0.1) is 6.92 Å². The number of aliphatic imine (C=N–C) groups is 1. The molecule has 0 aliphatic heterocycles. The summed E-state index contributed by atoms with van der Waals surface area (Å²) in [7, 11) is 3.88. The van der Waals surface area contributed by atoms with Crippen LogP contribution in [-0.2, 0) is 17.9 Å². The van der Waals surface area contributed by atoms with E-state index in [1.54, 1.807) is 12.1 Å². The zero-order chi connectivity index (χ0) is 12.1. The Morgan fingerprint density at radius 1 is 1.44 bits per heavy atom. The van der Waals surface area contributed by atoms with Gasteiger partial charge in [0, 0.05) is 12.1 Å². The molecule has 0 atom stereocenters. The van der Waals surface area contributed by atoms with E-state index >= 15 is 0 Å². The quantitative estimate of drug-likeness (QED) is 0.619. The van der Waals surface area contributed by atoms with Gasteiger partial charge in [-0.2, -0.15) is 0 Å². The van der Waals surface area contributed by atoms with Gasteiger partial charge in [0.2, 0.25) is 6.08 Å². The molecule has 1 rings (SSSR count). The average molecular weight is 220 g/mol. The normalized spacial score (nSPS) is 10.2. The lowest BCUT2D eigenvalue weighted by molar-refractivity contribution is 0.384. The minimum atomic E-state index is 0.282. The van der Waals surface area contributed by atoms with E-state index in [0.29, 0.717) is 13.1 Å². The number of rotatable bonds is 4. The summed E-state index contributed by atoms with van der Waals surface area (Å²) < 4.78 is 0. The number of phenolic OH excluding ortho intramolecular Hbond substituents is 1. The maximum absolute atomic E-state index is 10.1. The molecule has 0 spiro atoms. The first-order valence-electron chi connectivity index (χ1n) is 5.05. The van der Waals surface area contributed by atoms with Gasteiger partial charge in [-0.05, 0) is 38.2 Å². The van der Waals surface area contributed by atoms with Crippen molar-refractivity contribution in [2.75, 3.05) is 14.1 Å². The second-order valence-electron chi connectivity index (χ2n) is 3.99. The van der Waals surface area contributed by atoms with Crippen molar-refractivity contribution in [2.45, 2.75) is 20.0 Å². The van der Waals surface area contributed by atoms with Crippen LogP contribution in [0.1, 0.15) is 16.7 Å². The van der Waals surface area contributed by atoms with Crippen molar-refractivity contribution in [3.05, 3.63) is 28.8 Å². The third kappa shape index (κ3) is 2.92. The highest BCUT2D eigenvalue weighted by atomic mass is 16.3. The molecule has 16 heavy (non-hydrogen) atoms. The smallest absolute Gasteiger partial charge is 0.235 e. The fourth-order valence-corrected chi connectivity index (χ4v) is 1.60. The van der Waals surface area contributed by atoms with Crippen LogP contribution in [0.3, 0.4) is 0 Å². The lowest BCUT2D eigenvalue weighted by Gasteiger charge is -2.15. The van der Waals surface area contributed by atoms with Crippen molar-refractivity contribution < 1.29 is 9.90 Å². The van der Waals surface area contributed by atoms with Crippen molar-refractivity contribution in [1.29, 1.82) is 0 Å². The highest BCUT2D eigenvalue weighted by Gasteiger charge is 2.09. The molecule has 86 valence electrons. The summed E-state index contributed by atoms with van der Waals surface area (Å²) in [5.41, 5.74) is 2.80. The van der Waals surface area contributed by atoms with Crippen LogP contribution >= 0.6 is 0 Å². The van der Waals surface area contributed by atoms with Crippen molar-refractivity contribution >= 4 is 6.08 Å². The summed E-state index contributed by atoms with van der Waals surface area (Å²) in [5.74, 6) is 0.282. The predicted molar refractivity (Wildman–Crippen MR) is 62.1 cm³/mol. The Kier molecular flexibility index (Phi) is 4.23.